The first kappa shape index (κ1) is 23.6. The smallest absolute Gasteiger partial charge is 0.319 e. The zero-order valence-electron chi connectivity index (χ0n) is 18.4. The van der Waals surface area contributed by atoms with Gasteiger partial charge in [-0.05, 0) is 36.4 Å². The van der Waals surface area contributed by atoms with Crippen LogP contribution in [0.15, 0.2) is 56.4 Å². The van der Waals surface area contributed by atoms with Crippen LogP contribution in [-0.4, -0.2) is 27.0 Å². The van der Waals surface area contributed by atoms with Crippen LogP contribution in [0.25, 0.3) is 21.5 Å². The van der Waals surface area contributed by atoms with Gasteiger partial charge in [0.05, 0.1) is 41.3 Å². The van der Waals surface area contributed by atoms with Gasteiger partial charge in [0.2, 0.25) is 0 Å². The molecule has 0 saturated heterocycles. The average molecular weight is 637 g/mol. The average Bonchev–Trinajstić information content (AvgIpc) is 3.52. The van der Waals surface area contributed by atoms with E-state index in [1.54, 1.807) is 45.4 Å². The molecule has 0 N–H and O–H groups in total. The molecular weight excluding hydrogens is 631 g/mol. The van der Waals surface area contributed by atoms with E-state index in [1.807, 2.05) is 0 Å². The van der Waals surface area contributed by atoms with E-state index >= 15 is 0 Å². The number of amidine groups is 2. The van der Waals surface area contributed by atoms with Crippen LogP contribution in [0.2, 0.25) is 30.1 Å². The molecule has 0 radical (unpaired) electrons. The summed E-state index contributed by atoms with van der Waals surface area (Å²) in [5, 5.41) is 4.81. The van der Waals surface area contributed by atoms with E-state index in [0.717, 1.165) is 0 Å². The van der Waals surface area contributed by atoms with E-state index in [0.29, 0.717) is 97.1 Å². The lowest BCUT2D eigenvalue weighted by molar-refractivity contribution is 0.938. The number of hydrogen-bond donors (Lipinski definition) is 0. The van der Waals surface area contributed by atoms with E-state index in [4.69, 9.17) is 101 Å². The van der Waals surface area contributed by atoms with E-state index in [2.05, 4.69) is 0 Å². The fraction of sp³-hybridized carbons (Fsp3) is 0. The summed E-state index contributed by atoms with van der Waals surface area (Å²) >= 11 is 47.5. The molecule has 0 spiro atoms. The molecule has 14 heteroatoms. The van der Waals surface area contributed by atoms with Gasteiger partial charge in [-0.25, -0.2) is 20.0 Å². The molecule has 3 aliphatic rings. The Kier molecular flexibility index (Phi) is 4.93. The van der Waals surface area contributed by atoms with Crippen LogP contribution in [-0.2, 0) is 0 Å². The van der Waals surface area contributed by atoms with Crippen LogP contribution >= 0.6 is 81.1 Å². The second-order valence-electron chi connectivity index (χ2n) is 8.78. The van der Waals surface area contributed by atoms with Crippen molar-refractivity contribution >= 4 is 132 Å². The summed E-state index contributed by atoms with van der Waals surface area (Å²) in [7, 11) is 0. The molecular formula is C24H6BCl7N6. The maximum absolute atomic E-state index is 7.24. The van der Waals surface area contributed by atoms with Crippen molar-refractivity contribution in [1.82, 2.24) is 8.96 Å². The summed E-state index contributed by atoms with van der Waals surface area (Å²) in [4.78, 5) is 19.6. The van der Waals surface area contributed by atoms with Gasteiger partial charge in [0.25, 0.3) is 0 Å². The van der Waals surface area contributed by atoms with Gasteiger partial charge in [-0.2, -0.15) is 0 Å². The van der Waals surface area contributed by atoms with Crippen LogP contribution < -0.4 is 11.0 Å². The normalized spacial score (nSPS) is 14.9. The highest BCUT2D eigenvalue weighted by atomic mass is 35.5. The van der Waals surface area contributed by atoms with Gasteiger partial charge in [-0.3, -0.25) is 0 Å². The van der Waals surface area contributed by atoms with Crippen molar-refractivity contribution < 1.29 is 0 Å². The molecule has 5 heterocycles. The van der Waals surface area contributed by atoms with Crippen molar-refractivity contribution in [1.29, 1.82) is 0 Å². The van der Waals surface area contributed by atoms with Crippen molar-refractivity contribution in [2.75, 3.05) is 0 Å². The molecule has 0 aliphatic carbocycles. The molecule has 0 fully saturated rings. The Morgan fingerprint density at radius 3 is 1.45 bits per heavy atom. The Morgan fingerprint density at radius 2 is 0.895 bits per heavy atom. The summed E-state index contributed by atoms with van der Waals surface area (Å²) in [5.74, 6) is 1.46. The lowest BCUT2D eigenvalue weighted by atomic mass is 10.1. The van der Waals surface area contributed by atoms with Crippen molar-refractivity contribution in [2.24, 2.45) is 20.0 Å². The largest absolute Gasteiger partial charge is 0.499 e. The quantitative estimate of drug-likeness (QED) is 0.155. The Bertz CT molecular complexity index is 2180. The number of rotatable bonds is 0. The van der Waals surface area contributed by atoms with Crippen molar-refractivity contribution in [3.63, 3.8) is 0 Å². The maximum Gasteiger partial charge on any atom is 0.499 e. The predicted molar refractivity (Wildman–Crippen MR) is 157 cm³/mol. The molecule has 8 rings (SSSR count). The lowest BCUT2D eigenvalue weighted by Crippen LogP contribution is -2.45. The number of benzene rings is 3. The zero-order chi connectivity index (χ0) is 26.2. The van der Waals surface area contributed by atoms with Gasteiger partial charge >= 0.3 is 6.40 Å². The highest BCUT2D eigenvalue weighted by Crippen LogP contribution is 2.47. The van der Waals surface area contributed by atoms with E-state index < -0.39 is 6.40 Å². The van der Waals surface area contributed by atoms with Gasteiger partial charge in [0.1, 0.15) is 22.6 Å². The second kappa shape index (κ2) is 7.92. The Hall–Kier alpha value is -2.23. The Labute approximate surface area is 248 Å². The SMILES string of the molecule is ClB1n2c3c4c(Cl)ccc(Cl)c4c2N=c2c4c(Cl)ccc(Cl)c4c(n21)=NC1=NC(=N3)c2c(Cl)ccc(Cl)c21. The molecule has 5 aromatic rings. The highest BCUT2D eigenvalue weighted by Gasteiger charge is 2.38. The topological polar surface area (TPSA) is 59.3 Å². The lowest BCUT2D eigenvalue weighted by Gasteiger charge is -2.18. The van der Waals surface area contributed by atoms with Gasteiger partial charge < -0.3 is 8.96 Å². The molecule has 3 aromatic carbocycles. The van der Waals surface area contributed by atoms with Crippen LogP contribution in [0.3, 0.4) is 0 Å². The number of aromatic nitrogens is 2. The number of aliphatic imine (C=N–C) groups is 2. The summed E-state index contributed by atoms with van der Waals surface area (Å²) in [6, 6.07) is 10.2. The third kappa shape index (κ3) is 2.85. The minimum absolute atomic E-state index is 0.299. The second-order valence-corrected chi connectivity index (χ2v) is 11.6. The first-order valence-corrected chi connectivity index (χ1v) is 13.7. The minimum Gasteiger partial charge on any atom is -0.319 e. The molecule has 0 saturated carbocycles. The zero-order valence-corrected chi connectivity index (χ0v) is 23.7. The molecule has 6 nitrogen and oxygen atoms in total. The molecule has 0 amide bonds. The standard InChI is InChI=1S/C24H6BCl7N6/c26-7-1-2-8(27)14-13(7)19-33-20(14)35-22-16-10(29)4-6-12(31)18(16)24-36-23-17-11(30)5-3-9(28)15(17)21(34-19)37(23)25(32)38(22)24/h1-6H. The summed E-state index contributed by atoms with van der Waals surface area (Å²) in [6.07, 6.45) is -0.887. The molecule has 4 bridgehead atoms. The monoisotopic (exact) mass is 634 g/mol. The van der Waals surface area contributed by atoms with Crippen molar-refractivity contribution in [2.45, 2.75) is 0 Å². The number of nitrogens with zero attached hydrogens (tertiary/aromatic N) is 6. The maximum atomic E-state index is 7.24. The van der Waals surface area contributed by atoms with Gasteiger partial charge in [-0.1, -0.05) is 69.6 Å². The highest BCUT2D eigenvalue weighted by molar-refractivity contribution is 7.05. The van der Waals surface area contributed by atoms with Crippen molar-refractivity contribution in [3.8, 4) is 0 Å². The summed E-state index contributed by atoms with van der Waals surface area (Å²) in [5.41, 5.74) is 1.94. The molecule has 0 unspecified atom stereocenters. The molecule has 0 atom stereocenters. The fourth-order valence-electron chi connectivity index (χ4n) is 5.28. The van der Waals surface area contributed by atoms with Gasteiger partial charge in [0, 0.05) is 21.5 Å². The van der Waals surface area contributed by atoms with Crippen LogP contribution in [0.1, 0.15) is 11.1 Å². The third-order valence-corrected chi connectivity index (χ3v) is 9.12. The number of fused-ring (bicyclic) bond motifs is 10. The molecule has 38 heavy (non-hydrogen) atoms. The fourth-order valence-corrected chi connectivity index (χ4v) is 7.10. The first-order chi connectivity index (χ1) is 18.3. The molecule has 2 aromatic heterocycles. The summed E-state index contributed by atoms with van der Waals surface area (Å²) in [6.45, 7) is 0. The van der Waals surface area contributed by atoms with E-state index in [1.165, 1.54) is 0 Å². The third-order valence-electron chi connectivity index (χ3n) is 6.84. The first-order valence-electron chi connectivity index (χ1n) is 11.0. The van der Waals surface area contributed by atoms with Gasteiger partial charge in [-0.15, -0.1) is 11.5 Å². The van der Waals surface area contributed by atoms with Crippen LogP contribution in [0, 0.1) is 0 Å². The number of halogens is 7. The summed E-state index contributed by atoms with van der Waals surface area (Å²) < 4.78 is 3.47. The molecule has 184 valence electrons. The number of hydrogen-bond acceptors (Lipinski definition) is 4. The predicted octanol–water partition coefficient (Wildman–Crippen LogP) is 7.87. The molecule has 3 aliphatic heterocycles. The van der Waals surface area contributed by atoms with E-state index in [9.17, 15) is 0 Å². The minimum atomic E-state index is -0.887. The Morgan fingerprint density at radius 1 is 0.474 bits per heavy atom. The van der Waals surface area contributed by atoms with E-state index in [-0.39, 0.29) is 0 Å². The van der Waals surface area contributed by atoms with Crippen LogP contribution in [0.4, 0.5) is 11.6 Å². The van der Waals surface area contributed by atoms with Gasteiger partial charge in [0.15, 0.2) is 11.7 Å². The van der Waals surface area contributed by atoms with Crippen LogP contribution in [0.5, 0.6) is 0 Å². The van der Waals surface area contributed by atoms with Crippen molar-refractivity contribution in [3.05, 3.63) is 88.6 Å². The Balaban J connectivity index is 1.73.